The van der Waals surface area contributed by atoms with Gasteiger partial charge in [0.15, 0.2) is 0 Å². The number of methoxy groups -OCH3 is 2. The summed E-state index contributed by atoms with van der Waals surface area (Å²) in [6.45, 7) is 4.39. The largest absolute Gasteiger partial charge is 0.497 e. The molecule has 0 aromatic heterocycles. The first-order valence-corrected chi connectivity index (χ1v) is 13.4. The second kappa shape index (κ2) is 14.1. The van der Waals surface area contributed by atoms with Crippen molar-refractivity contribution < 1.29 is 45.8 Å². The number of carbonyl (C=O) groups is 2. The molecule has 0 saturated carbocycles. The molecule has 1 fully saturated rings. The zero-order valence-electron chi connectivity index (χ0n) is 21.8. The Bertz CT molecular complexity index is 1220. The van der Waals surface area contributed by atoms with Gasteiger partial charge in [-0.3, -0.25) is 4.79 Å². The molecule has 39 heavy (non-hydrogen) atoms. The lowest BCUT2D eigenvalue weighted by Crippen LogP contribution is -2.50. The van der Waals surface area contributed by atoms with E-state index in [1.165, 1.54) is 24.6 Å². The molecule has 2 N–H and O–H groups in total. The van der Waals surface area contributed by atoms with Crippen molar-refractivity contribution in [3.8, 4) is 11.5 Å². The number of rotatable bonds is 9. The molecule has 3 rings (SSSR count). The van der Waals surface area contributed by atoms with Crippen LogP contribution in [0, 0.1) is 0 Å². The fourth-order valence-corrected chi connectivity index (χ4v) is 5.15. The summed E-state index contributed by atoms with van der Waals surface area (Å²) in [4.78, 5) is 23.6. The molecule has 0 bridgehead atoms. The molecule has 1 amide bonds. The first-order chi connectivity index (χ1) is 18.3. The summed E-state index contributed by atoms with van der Waals surface area (Å²) in [5, 5.41) is 10.3. The number of carbonyl (C=O) groups excluding carboxylic acids is 1. The zero-order valence-corrected chi connectivity index (χ0v) is 22.6. The number of hydrogen-bond acceptors (Lipinski definition) is 7. The van der Waals surface area contributed by atoms with Crippen LogP contribution in [0.1, 0.15) is 18.1 Å². The van der Waals surface area contributed by atoms with Crippen LogP contribution in [0.15, 0.2) is 47.4 Å². The number of carboxylic acid groups (broad SMARTS) is 1. The number of benzene rings is 2. The summed E-state index contributed by atoms with van der Waals surface area (Å²) >= 11 is 0. The molecule has 1 aliphatic rings. The van der Waals surface area contributed by atoms with Gasteiger partial charge in [-0.1, -0.05) is 31.2 Å². The summed E-state index contributed by atoms with van der Waals surface area (Å²) in [6, 6.07) is 12.4. The second-order valence-electron chi connectivity index (χ2n) is 8.39. The van der Waals surface area contributed by atoms with Gasteiger partial charge in [-0.15, -0.1) is 0 Å². The van der Waals surface area contributed by atoms with Crippen LogP contribution >= 0.6 is 0 Å². The monoisotopic (exact) mass is 575 g/mol. The lowest BCUT2D eigenvalue weighted by atomic mass is 10.1. The topological polar surface area (TPSA) is 125 Å². The molecule has 0 aliphatic carbocycles. The van der Waals surface area contributed by atoms with Gasteiger partial charge >= 0.3 is 12.1 Å². The maximum atomic E-state index is 13.7. The number of nitrogens with zero attached hydrogens (tertiary/aromatic N) is 2. The highest BCUT2D eigenvalue weighted by molar-refractivity contribution is 7.89. The summed E-state index contributed by atoms with van der Waals surface area (Å²) in [6.07, 6.45) is -4.19. The highest BCUT2D eigenvalue weighted by Gasteiger charge is 2.38. The third-order valence-electron chi connectivity index (χ3n) is 5.80. The van der Waals surface area contributed by atoms with Crippen LogP contribution in [-0.2, 0) is 32.6 Å². The van der Waals surface area contributed by atoms with Crippen molar-refractivity contribution in [2.45, 2.75) is 31.0 Å². The molecule has 2 aromatic rings. The molecule has 2 aromatic carbocycles. The predicted molar refractivity (Wildman–Crippen MR) is 136 cm³/mol. The SMILES string of the molecule is CCc1ccc(CN(CC(=O)N2CCNCC2)S(=O)(=O)c2cc(OC)ccc2OC)cc1.O=C(O)C(F)(F)F. The maximum absolute atomic E-state index is 13.7. The van der Waals surface area contributed by atoms with Crippen LogP contribution in [0.25, 0.3) is 0 Å². The highest BCUT2D eigenvalue weighted by atomic mass is 32.2. The lowest BCUT2D eigenvalue weighted by molar-refractivity contribution is -0.192. The first-order valence-electron chi connectivity index (χ1n) is 11.9. The van der Waals surface area contributed by atoms with E-state index >= 15 is 0 Å². The van der Waals surface area contributed by atoms with E-state index in [1.807, 2.05) is 24.3 Å². The molecule has 1 aliphatic heterocycles. The number of amides is 1. The first kappa shape index (κ1) is 31.9. The number of ether oxygens (including phenoxy) is 2. The van der Waals surface area contributed by atoms with Crippen molar-refractivity contribution in [2.24, 2.45) is 0 Å². The Morgan fingerprint density at radius 1 is 1.03 bits per heavy atom. The van der Waals surface area contributed by atoms with Crippen LogP contribution in [0.3, 0.4) is 0 Å². The number of alkyl halides is 3. The summed E-state index contributed by atoms with van der Waals surface area (Å²) in [5.41, 5.74) is 1.97. The van der Waals surface area contributed by atoms with Gasteiger partial charge in [0.05, 0.1) is 20.8 Å². The minimum Gasteiger partial charge on any atom is -0.497 e. The van der Waals surface area contributed by atoms with Crippen molar-refractivity contribution in [1.29, 1.82) is 0 Å². The number of aliphatic carboxylic acids is 1. The Kier molecular flexibility index (Phi) is 11.6. The second-order valence-corrected chi connectivity index (χ2v) is 10.3. The van der Waals surface area contributed by atoms with E-state index in [0.717, 1.165) is 17.5 Å². The number of nitrogens with one attached hydrogen (secondary N) is 1. The Morgan fingerprint density at radius 2 is 1.59 bits per heavy atom. The minimum absolute atomic E-state index is 0.0300. The van der Waals surface area contributed by atoms with Crippen LogP contribution in [-0.4, -0.2) is 87.7 Å². The van der Waals surface area contributed by atoms with Crippen LogP contribution in [0.5, 0.6) is 11.5 Å². The van der Waals surface area contributed by atoms with Gasteiger partial charge in [-0.05, 0) is 29.7 Å². The number of piperazine rings is 1. The molecule has 0 spiro atoms. The van der Waals surface area contributed by atoms with Crippen LogP contribution in [0.4, 0.5) is 13.2 Å². The molecule has 0 radical (unpaired) electrons. The van der Waals surface area contributed by atoms with E-state index in [4.69, 9.17) is 19.4 Å². The van der Waals surface area contributed by atoms with Gasteiger partial charge in [-0.25, -0.2) is 13.2 Å². The van der Waals surface area contributed by atoms with Crippen LogP contribution in [0.2, 0.25) is 0 Å². The average Bonchev–Trinajstić information content (AvgIpc) is 2.92. The van der Waals surface area contributed by atoms with Gasteiger partial charge < -0.3 is 24.8 Å². The van der Waals surface area contributed by atoms with Crippen molar-refractivity contribution in [3.63, 3.8) is 0 Å². The highest BCUT2D eigenvalue weighted by Crippen LogP contribution is 2.31. The van der Waals surface area contributed by atoms with Gasteiger partial charge in [-0.2, -0.15) is 17.5 Å². The predicted octanol–water partition coefficient (Wildman–Crippen LogP) is 2.52. The van der Waals surface area contributed by atoms with Crippen molar-refractivity contribution in [1.82, 2.24) is 14.5 Å². The smallest absolute Gasteiger partial charge is 0.490 e. The fraction of sp³-hybridized carbons (Fsp3) is 0.440. The van der Waals surface area contributed by atoms with E-state index in [0.29, 0.717) is 31.9 Å². The Balaban J connectivity index is 0.000000673. The summed E-state index contributed by atoms with van der Waals surface area (Å²) < 4.78 is 71.0. The van der Waals surface area contributed by atoms with Gasteiger partial charge in [0.2, 0.25) is 15.9 Å². The number of carboxylic acids is 1. The maximum Gasteiger partial charge on any atom is 0.490 e. The fourth-order valence-electron chi connectivity index (χ4n) is 3.60. The summed E-state index contributed by atoms with van der Waals surface area (Å²) in [5.74, 6) is -2.38. The Labute approximate surface area is 225 Å². The van der Waals surface area contributed by atoms with Crippen molar-refractivity contribution in [3.05, 3.63) is 53.6 Å². The number of halogens is 3. The number of hydrogen-bond donors (Lipinski definition) is 2. The molecule has 1 heterocycles. The quantitative estimate of drug-likeness (QED) is 0.468. The van der Waals surface area contributed by atoms with Crippen LogP contribution < -0.4 is 14.8 Å². The van der Waals surface area contributed by atoms with E-state index in [1.54, 1.807) is 17.0 Å². The number of aryl methyl sites for hydroxylation is 1. The molecule has 0 unspecified atom stereocenters. The van der Waals surface area contributed by atoms with E-state index in [9.17, 15) is 26.4 Å². The van der Waals surface area contributed by atoms with Gasteiger partial charge in [0.25, 0.3) is 0 Å². The zero-order chi connectivity index (χ0) is 29.2. The third-order valence-corrected chi connectivity index (χ3v) is 7.62. The Hall–Kier alpha value is -3.36. The standard InChI is InChI=1S/C23H31N3O5S.C2HF3O2/c1-4-18-5-7-19(8-6-18)16-26(17-23(27)25-13-11-24-12-14-25)32(28,29)22-15-20(30-2)9-10-21(22)31-3;3-2(4,5)1(6)7/h5-10,15,24H,4,11-14,16-17H2,1-3H3;(H,6,7). The minimum atomic E-state index is -5.08. The van der Waals surface area contributed by atoms with Gasteiger partial charge in [0, 0.05) is 38.8 Å². The normalized spacial score (nSPS) is 13.9. The lowest BCUT2D eigenvalue weighted by Gasteiger charge is -2.30. The van der Waals surface area contributed by atoms with E-state index < -0.39 is 22.2 Å². The molecule has 216 valence electrons. The summed E-state index contributed by atoms with van der Waals surface area (Å²) in [7, 11) is -1.17. The molecule has 1 saturated heterocycles. The molecule has 14 heteroatoms. The average molecular weight is 576 g/mol. The van der Waals surface area contributed by atoms with E-state index in [-0.39, 0.29) is 29.6 Å². The van der Waals surface area contributed by atoms with Crippen molar-refractivity contribution >= 4 is 21.9 Å². The van der Waals surface area contributed by atoms with Gasteiger partial charge in [0.1, 0.15) is 16.4 Å². The molecular weight excluding hydrogens is 543 g/mol. The molecule has 0 atom stereocenters. The number of sulfonamides is 1. The third kappa shape index (κ3) is 9.11. The Morgan fingerprint density at radius 3 is 2.08 bits per heavy atom. The molecule has 10 nitrogen and oxygen atoms in total. The molecular formula is C25H32F3N3O7S. The van der Waals surface area contributed by atoms with Crippen molar-refractivity contribution in [2.75, 3.05) is 46.9 Å². The van der Waals surface area contributed by atoms with E-state index in [2.05, 4.69) is 12.2 Å².